The quantitative estimate of drug-likeness (QED) is 0.319. The minimum atomic E-state index is -3.81. The van der Waals surface area contributed by atoms with Gasteiger partial charge in [-0.05, 0) is 66.8 Å². The predicted molar refractivity (Wildman–Crippen MR) is 138 cm³/mol. The molecular formula is C28H30N2O4S. The van der Waals surface area contributed by atoms with Crippen LogP contribution >= 0.6 is 0 Å². The van der Waals surface area contributed by atoms with Crippen LogP contribution in [0.5, 0.6) is 0 Å². The number of H-pyrrole nitrogens is 1. The lowest BCUT2D eigenvalue weighted by atomic mass is 10.1. The van der Waals surface area contributed by atoms with Crippen LogP contribution < -0.4 is 0 Å². The van der Waals surface area contributed by atoms with E-state index >= 15 is 0 Å². The van der Waals surface area contributed by atoms with Crippen molar-refractivity contribution >= 4 is 26.8 Å². The van der Waals surface area contributed by atoms with Gasteiger partial charge in [0.1, 0.15) is 5.69 Å². The van der Waals surface area contributed by atoms with E-state index < -0.39 is 16.0 Å². The fourth-order valence-corrected chi connectivity index (χ4v) is 5.71. The molecule has 0 bridgehead atoms. The van der Waals surface area contributed by atoms with Gasteiger partial charge in [0.25, 0.3) is 0 Å². The Bertz CT molecular complexity index is 1440. The highest BCUT2D eigenvalue weighted by molar-refractivity contribution is 7.89. The van der Waals surface area contributed by atoms with Gasteiger partial charge in [-0.1, -0.05) is 60.7 Å². The summed E-state index contributed by atoms with van der Waals surface area (Å²) in [6, 6.07) is 22.7. The van der Waals surface area contributed by atoms with Gasteiger partial charge in [-0.3, -0.25) is 0 Å². The van der Waals surface area contributed by atoms with Gasteiger partial charge in [0.15, 0.2) is 0 Å². The summed E-state index contributed by atoms with van der Waals surface area (Å²) in [4.78, 5) is 15.7. The Morgan fingerprint density at radius 3 is 2.34 bits per heavy atom. The molecule has 6 nitrogen and oxygen atoms in total. The molecule has 7 heteroatoms. The minimum absolute atomic E-state index is 0.148. The second kappa shape index (κ2) is 10.5. The summed E-state index contributed by atoms with van der Waals surface area (Å²) in [7, 11) is -3.81. The number of fused-ring (bicyclic) bond motifs is 1. The van der Waals surface area contributed by atoms with Crippen molar-refractivity contribution in [1.82, 2.24) is 9.29 Å². The molecule has 0 atom stereocenters. The first-order chi connectivity index (χ1) is 16.8. The number of carbonyl (C=O) groups excluding carboxylic acids is 1. The molecule has 0 saturated carbocycles. The minimum Gasteiger partial charge on any atom is -0.461 e. The molecule has 35 heavy (non-hydrogen) atoms. The van der Waals surface area contributed by atoms with Crippen molar-refractivity contribution in [2.45, 2.75) is 38.6 Å². The number of rotatable bonds is 9. The first-order valence-electron chi connectivity index (χ1n) is 11.7. The van der Waals surface area contributed by atoms with Crippen molar-refractivity contribution in [2.24, 2.45) is 0 Å². The molecule has 0 aliphatic carbocycles. The third-order valence-corrected chi connectivity index (χ3v) is 8.10. The summed E-state index contributed by atoms with van der Waals surface area (Å²) < 4.78 is 34.4. The van der Waals surface area contributed by atoms with Crippen molar-refractivity contribution in [3.8, 4) is 0 Å². The maximum absolute atomic E-state index is 13.9. The van der Waals surface area contributed by atoms with Crippen LogP contribution in [0.2, 0.25) is 0 Å². The lowest BCUT2D eigenvalue weighted by Gasteiger charge is -2.23. The molecule has 182 valence electrons. The molecule has 0 radical (unpaired) electrons. The van der Waals surface area contributed by atoms with E-state index in [2.05, 4.69) is 4.98 Å². The van der Waals surface area contributed by atoms with Gasteiger partial charge in [-0.25, -0.2) is 13.2 Å². The number of hydrogen-bond donors (Lipinski definition) is 1. The molecule has 0 spiro atoms. The van der Waals surface area contributed by atoms with Crippen molar-refractivity contribution in [3.05, 3.63) is 101 Å². The maximum atomic E-state index is 13.9. The fraction of sp³-hybridized carbons (Fsp3) is 0.250. The van der Waals surface area contributed by atoms with Crippen LogP contribution in [-0.4, -0.2) is 36.8 Å². The van der Waals surface area contributed by atoms with Crippen molar-refractivity contribution in [3.63, 3.8) is 0 Å². The molecule has 1 N–H and O–H groups in total. The molecule has 0 unspecified atom stereocenters. The van der Waals surface area contributed by atoms with Gasteiger partial charge < -0.3 is 9.72 Å². The summed E-state index contributed by atoms with van der Waals surface area (Å²) in [5, 5.41) is 1.86. The lowest BCUT2D eigenvalue weighted by molar-refractivity contribution is 0.0519. The summed E-state index contributed by atoms with van der Waals surface area (Å²) in [6.45, 7) is 6.15. The average molecular weight is 491 g/mol. The standard InChI is InChI=1S/C28H30N2O4S/c1-4-34-28(31)27-20(2)26(21(3)29-27)19-30(17-16-22-10-6-5-7-11-22)35(32,33)25-15-14-23-12-8-9-13-24(23)18-25/h5-15,18,29H,4,16-17,19H2,1-3H3. The number of esters is 1. The molecular weight excluding hydrogens is 460 g/mol. The molecule has 4 rings (SSSR count). The smallest absolute Gasteiger partial charge is 0.355 e. The fourth-order valence-electron chi connectivity index (χ4n) is 4.27. The molecule has 1 aromatic heterocycles. The summed E-state index contributed by atoms with van der Waals surface area (Å²) in [5.74, 6) is -0.437. The van der Waals surface area contributed by atoms with Gasteiger partial charge in [0.05, 0.1) is 11.5 Å². The van der Waals surface area contributed by atoms with Crippen LogP contribution in [-0.2, 0) is 27.7 Å². The SMILES string of the molecule is CCOC(=O)c1[nH]c(C)c(CN(CCc2ccccc2)S(=O)(=O)c2ccc3ccccc3c2)c1C. The zero-order valence-corrected chi connectivity index (χ0v) is 21.1. The third kappa shape index (κ3) is 5.31. The van der Waals surface area contributed by atoms with E-state index in [0.717, 1.165) is 27.6 Å². The van der Waals surface area contributed by atoms with Gasteiger partial charge in [0.2, 0.25) is 10.0 Å². The number of aryl methyl sites for hydroxylation is 1. The highest BCUT2D eigenvalue weighted by atomic mass is 32.2. The van der Waals surface area contributed by atoms with Crippen LogP contribution in [0.1, 0.15) is 39.8 Å². The number of carbonyl (C=O) groups is 1. The Kier molecular flexibility index (Phi) is 7.38. The lowest BCUT2D eigenvalue weighted by Crippen LogP contribution is -2.33. The largest absolute Gasteiger partial charge is 0.461 e. The molecule has 0 aliphatic heterocycles. The highest BCUT2D eigenvalue weighted by Gasteiger charge is 2.28. The molecule has 0 amide bonds. The van der Waals surface area contributed by atoms with Crippen LogP contribution in [0.3, 0.4) is 0 Å². The average Bonchev–Trinajstić information content (AvgIpc) is 3.15. The first-order valence-corrected chi connectivity index (χ1v) is 13.1. The first kappa shape index (κ1) is 24.7. The maximum Gasteiger partial charge on any atom is 0.355 e. The molecule has 0 aliphatic rings. The topological polar surface area (TPSA) is 79.5 Å². The van der Waals surface area contributed by atoms with Crippen LogP contribution in [0, 0.1) is 13.8 Å². The van der Waals surface area contributed by atoms with Gasteiger partial charge in [-0.2, -0.15) is 4.31 Å². The van der Waals surface area contributed by atoms with E-state index in [1.807, 2.05) is 74.5 Å². The van der Waals surface area contributed by atoms with E-state index in [-0.39, 0.29) is 18.0 Å². The van der Waals surface area contributed by atoms with Gasteiger partial charge in [0, 0.05) is 18.8 Å². The van der Waals surface area contributed by atoms with E-state index in [1.54, 1.807) is 19.1 Å². The number of ether oxygens (including phenoxy) is 1. The van der Waals surface area contributed by atoms with Crippen LogP contribution in [0.25, 0.3) is 10.8 Å². The Labute approximate surface area is 206 Å². The summed E-state index contributed by atoms with van der Waals surface area (Å²) in [6.07, 6.45) is 0.570. The Morgan fingerprint density at radius 1 is 0.943 bits per heavy atom. The number of nitrogens with one attached hydrogen (secondary N) is 1. The second-order valence-corrected chi connectivity index (χ2v) is 10.5. The normalized spacial score (nSPS) is 11.8. The van der Waals surface area contributed by atoms with Gasteiger partial charge >= 0.3 is 5.97 Å². The van der Waals surface area contributed by atoms with Crippen LogP contribution in [0.4, 0.5) is 0 Å². The molecule has 3 aromatic carbocycles. The summed E-state index contributed by atoms with van der Waals surface area (Å²) >= 11 is 0. The monoisotopic (exact) mass is 490 g/mol. The van der Waals surface area contributed by atoms with Crippen molar-refractivity contribution in [1.29, 1.82) is 0 Å². The number of aromatic nitrogens is 1. The van der Waals surface area contributed by atoms with E-state index in [0.29, 0.717) is 24.2 Å². The second-order valence-electron chi connectivity index (χ2n) is 8.53. The summed E-state index contributed by atoms with van der Waals surface area (Å²) in [5.41, 5.74) is 3.67. The third-order valence-electron chi connectivity index (χ3n) is 6.26. The molecule has 0 saturated heterocycles. The van der Waals surface area contributed by atoms with E-state index in [9.17, 15) is 13.2 Å². The zero-order valence-electron chi connectivity index (χ0n) is 20.2. The number of aromatic amines is 1. The van der Waals surface area contributed by atoms with Gasteiger partial charge in [-0.15, -0.1) is 0 Å². The zero-order chi connectivity index (χ0) is 25.0. The predicted octanol–water partition coefficient (Wildman–Crippen LogP) is 5.40. The van der Waals surface area contributed by atoms with E-state index in [1.165, 1.54) is 4.31 Å². The van der Waals surface area contributed by atoms with E-state index in [4.69, 9.17) is 4.74 Å². The number of benzene rings is 3. The Hall–Kier alpha value is -3.42. The molecule has 0 fully saturated rings. The number of sulfonamides is 1. The van der Waals surface area contributed by atoms with Crippen molar-refractivity contribution in [2.75, 3.05) is 13.2 Å². The Morgan fingerprint density at radius 2 is 1.63 bits per heavy atom. The number of nitrogens with zero attached hydrogens (tertiary/aromatic N) is 1. The Balaban J connectivity index is 1.71. The molecule has 4 aromatic rings. The van der Waals surface area contributed by atoms with Crippen LogP contribution in [0.15, 0.2) is 77.7 Å². The highest BCUT2D eigenvalue weighted by Crippen LogP contribution is 2.27. The molecule has 1 heterocycles. The number of hydrogen-bond acceptors (Lipinski definition) is 4. The van der Waals surface area contributed by atoms with Crippen molar-refractivity contribution < 1.29 is 17.9 Å².